The van der Waals surface area contributed by atoms with E-state index in [2.05, 4.69) is 0 Å². The SMILES string of the molecule is O=CC1C=CC=C(C(CF)CF)C1=O. The first-order chi connectivity index (χ1) is 6.74. The number of allylic oxidation sites excluding steroid dienone is 4. The molecule has 0 aliphatic heterocycles. The Balaban J connectivity index is 2.88. The molecular weight excluding hydrogens is 190 g/mol. The number of rotatable bonds is 4. The average Bonchev–Trinajstić information content (AvgIpc) is 2.22. The van der Waals surface area contributed by atoms with Crippen molar-refractivity contribution in [3.8, 4) is 0 Å². The minimum atomic E-state index is -1.03. The Bertz CT molecular complexity index is 290. The Kier molecular flexibility index (Phi) is 3.68. The zero-order chi connectivity index (χ0) is 10.6. The van der Waals surface area contributed by atoms with E-state index in [4.69, 9.17) is 0 Å². The summed E-state index contributed by atoms with van der Waals surface area (Å²) < 4.78 is 24.6. The summed E-state index contributed by atoms with van der Waals surface area (Å²) >= 11 is 0. The molecule has 1 atom stereocenters. The standard InChI is InChI=1S/C10H10F2O2/c11-4-8(5-12)9-3-1-2-7(6-13)10(9)14/h1-3,6-8H,4-5H2. The fraction of sp³-hybridized carbons (Fsp3) is 0.400. The number of carbonyl (C=O) groups is 2. The van der Waals surface area contributed by atoms with Gasteiger partial charge in [-0.3, -0.25) is 13.6 Å². The van der Waals surface area contributed by atoms with Crippen molar-refractivity contribution in [3.63, 3.8) is 0 Å². The zero-order valence-electron chi connectivity index (χ0n) is 7.45. The van der Waals surface area contributed by atoms with Gasteiger partial charge in [-0.05, 0) is 0 Å². The highest BCUT2D eigenvalue weighted by atomic mass is 19.1. The Morgan fingerprint density at radius 2 is 2.07 bits per heavy atom. The van der Waals surface area contributed by atoms with Crippen LogP contribution in [0.25, 0.3) is 0 Å². The van der Waals surface area contributed by atoms with Crippen LogP contribution in [0.2, 0.25) is 0 Å². The molecule has 0 aromatic rings. The molecule has 0 saturated heterocycles. The predicted molar refractivity (Wildman–Crippen MR) is 47.2 cm³/mol. The van der Waals surface area contributed by atoms with Crippen LogP contribution < -0.4 is 0 Å². The highest BCUT2D eigenvalue weighted by molar-refractivity contribution is 6.07. The Morgan fingerprint density at radius 3 is 2.57 bits per heavy atom. The summed E-state index contributed by atoms with van der Waals surface area (Å²) in [5.74, 6) is -2.41. The molecule has 0 fully saturated rings. The number of alkyl halides is 2. The van der Waals surface area contributed by atoms with Gasteiger partial charge in [0.05, 0.1) is 19.3 Å². The van der Waals surface area contributed by atoms with Gasteiger partial charge in [-0.1, -0.05) is 18.2 Å². The zero-order valence-corrected chi connectivity index (χ0v) is 7.45. The first kappa shape index (κ1) is 10.8. The van der Waals surface area contributed by atoms with Gasteiger partial charge in [0.1, 0.15) is 6.29 Å². The molecule has 1 rings (SSSR count). The third-order valence-electron chi connectivity index (χ3n) is 2.14. The number of hydrogen-bond donors (Lipinski definition) is 0. The van der Waals surface area contributed by atoms with Crippen LogP contribution in [0.3, 0.4) is 0 Å². The van der Waals surface area contributed by atoms with Crippen LogP contribution in [0.5, 0.6) is 0 Å². The summed E-state index contributed by atoms with van der Waals surface area (Å²) in [4.78, 5) is 21.9. The second kappa shape index (κ2) is 4.79. The third kappa shape index (κ3) is 1.95. The first-order valence-corrected chi connectivity index (χ1v) is 4.24. The van der Waals surface area contributed by atoms with Crippen molar-refractivity contribution in [3.05, 3.63) is 23.8 Å². The van der Waals surface area contributed by atoms with Crippen molar-refractivity contribution in [2.24, 2.45) is 11.8 Å². The van der Waals surface area contributed by atoms with E-state index in [1.165, 1.54) is 18.2 Å². The molecule has 0 radical (unpaired) electrons. The van der Waals surface area contributed by atoms with Gasteiger partial charge in [-0.15, -0.1) is 0 Å². The van der Waals surface area contributed by atoms with Crippen molar-refractivity contribution < 1.29 is 18.4 Å². The lowest BCUT2D eigenvalue weighted by atomic mass is 9.87. The molecule has 76 valence electrons. The van der Waals surface area contributed by atoms with E-state index in [0.717, 1.165) is 0 Å². The van der Waals surface area contributed by atoms with Gasteiger partial charge in [0, 0.05) is 11.5 Å². The Labute approximate surface area is 80.3 Å². The van der Waals surface area contributed by atoms with Crippen LogP contribution in [0, 0.1) is 11.8 Å². The van der Waals surface area contributed by atoms with E-state index in [0.29, 0.717) is 6.29 Å². The fourth-order valence-corrected chi connectivity index (χ4v) is 1.29. The number of halogens is 2. The normalized spacial score (nSPS) is 21.2. The molecule has 1 aliphatic rings. The summed E-state index contributed by atoms with van der Waals surface area (Å²) in [6.07, 6.45) is 4.73. The number of hydrogen-bond acceptors (Lipinski definition) is 2. The van der Waals surface area contributed by atoms with Crippen LogP contribution in [0.4, 0.5) is 8.78 Å². The molecule has 0 saturated carbocycles. The smallest absolute Gasteiger partial charge is 0.173 e. The molecule has 1 unspecified atom stereocenters. The van der Waals surface area contributed by atoms with Gasteiger partial charge in [0.25, 0.3) is 0 Å². The lowest BCUT2D eigenvalue weighted by Gasteiger charge is -2.17. The van der Waals surface area contributed by atoms with Crippen molar-refractivity contribution in [2.45, 2.75) is 0 Å². The Hall–Kier alpha value is -1.32. The van der Waals surface area contributed by atoms with Gasteiger partial charge in [0.2, 0.25) is 0 Å². The summed E-state index contributed by atoms with van der Waals surface area (Å²) in [7, 11) is 0. The van der Waals surface area contributed by atoms with Crippen molar-refractivity contribution in [1.29, 1.82) is 0 Å². The highest BCUT2D eigenvalue weighted by Gasteiger charge is 2.27. The average molecular weight is 200 g/mol. The van der Waals surface area contributed by atoms with Crippen LogP contribution >= 0.6 is 0 Å². The highest BCUT2D eigenvalue weighted by Crippen LogP contribution is 2.21. The molecular formula is C10H10F2O2. The lowest BCUT2D eigenvalue weighted by molar-refractivity contribution is -0.123. The monoisotopic (exact) mass is 200 g/mol. The summed E-state index contributed by atoms with van der Waals surface area (Å²) in [6.45, 7) is -1.85. The van der Waals surface area contributed by atoms with Crippen LogP contribution in [-0.4, -0.2) is 25.4 Å². The summed E-state index contributed by atoms with van der Waals surface area (Å²) in [5, 5.41) is 0. The minimum absolute atomic E-state index is 0.0644. The molecule has 0 N–H and O–H groups in total. The number of carbonyl (C=O) groups excluding carboxylic acids is 2. The van der Waals surface area contributed by atoms with Crippen LogP contribution in [-0.2, 0) is 9.59 Å². The van der Waals surface area contributed by atoms with E-state index >= 15 is 0 Å². The van der Waals surface area contributed by atoms with Crippen LogP contribution in [0.15, 0.2) is 23.8 Å². The Morgan fingerprint density at radius 1 is 1.43 bits per heavy atom. The molecule has 14 heavy (non-hydrogen) atoms. The summed E-state index contributed by atoms with van der Waals surface area (Å²) in [5.41, 5.74) is 0.0644. The number of Topliss-reactive ketones (excluding diaryl/α,β-unsaturated/α-hetero) is 1. The second-order valence-electron chi connectivity index (χ2n) is 3.04. The molecule has 0 aromatic heterocycles. The van der Waals surface area contributed by atoms with E-state index < -0.39 is 31.0 Å². The topological polar surface area (TPSA) is 34.1 Å². The fourth-order valence-electron chi connectivity index (χ4n) is 1.29. The number of ketones is 1. The van der Waals surface area contributed by atoms with E-state index in [1.807, 2.05) is 0 Å². The van der Waals surface area contributed by atoms with Gasteiger partial charge in [-0.2, -0.15) is 0 Å². The molecule has 2 nitrogen and oxygen atoms in total. The van der Waals surface area contributed by atoms with E-state index in [-0.39, 0.29) is 5.57 Å². The van der Waals surface area contributed by atoms with Gasteiger partial charge in [-0.25, -0.2) is 0 Å². The van der Waals surface area contributed by atoms with Crippen molar-refractivity contribution in [2.75, 3.05) is 13.3 Å². The molecule has 1 aliphatic carbocycles. The van der Waals surface area contributed by atoms with Crippen LogP contribution in [0.1, 0.15) is 0 Å². The molecule has 0 aromatic carbocycles. The second-order valence-corrected chi connectivity index (χ2v) is 3.04. The predicted octanol–water partition coefficient (Wildman–Crippen LogP) is 1.42. The maximum absolute atomic E-state index is 12.3. The maximum Gasteiger partial charge on any atom is 0.173 e. The molecule has 0 heterocycles. The van der Waals surface area contributed by atoms with Gasteiger partial charge >= 0.3 is 0 Å². The largest absolute Gasteiger partial charge is 0.302 e. The minimum Gasteiger partial charge on any atom is -0.302 e. The van der Waals surface area contributed by atoms with Crippen molar-refractivity contribution in [1.82, 2.24) is 0 Å². The van der Waals surface area contributed by atoms with Gasteiger partial charge in [0.15, 0.2) is 5.78 Å². The quantitative estimate of drug-likeness (QED) is 0.508. The maximum atomic E-state index is 12.3. The molecule has 4 heteroatoms. The third-order valence-corrected chi connectivity index (χ3v) is 2.14. The van der Waals surface area contributed by atoms with Gasteiger partial charge < -0.3 is 4.79 Å². The number of aldehydes is 1. The summed E-state index contributed by atoms with van der Waals surface area (Å²) in [6, 6.07) is 0. The van der Waals surface area contributed by atoms with E-state index in [9.17, 15) is 18.4 Å². The molecule has 0 bridgehead atoms. The van der Waals surface area contributed by atoms with E-state index in [1.54, 1.807) is 0 Å². The van der Waals surface area contributed by atoms with Crippen molar-refractivity contribution >= 4 is 12.1 Å². The molecule has 0 spiro atoms. The molecule has 0 amide bonds. The lowest BCUT2D eigenvalue weighted by Crippen LogP contribution is -2.25. The first-order valence-electron chi connectivity index (χ1n) is 4.24.